The van der Waals surface area contributed by atoms with Crippen molar-refractivity contribution in [3.8, 4) is 0 Å². The highest BCUT2D eigenvalue weighted by Crippen LogP contribution is 2.38. The molecule has 9 nitrogen and oxygen atoms in total. The van der Waals surface area contributed by atoms with Crippen LogP contribution >= 0.6 is 11.8 Å². The molecule has 0 spiro atoms. The van der Waals surface area contributed by atoms with Gasteiger partial charge < -0.3 is 19.4 Å². The van der Waals surface area contributed by atoms with Crippen molar-refractivity contribution in [2.75, 3.05) is 33.0 Å². The number of nitrogens with zero attached hydrogens (tertiary/aromatic N) is 3. The molecule has 1 N–H and O–H groups in total. The topological polar surface area (TPSA) is 115 Å². The predicted octanol–water partition coefficient (Wildman–Crippen LogP) is 4.17. The molecule has 1 atom stereocenters. The van der Waals surface area contributed by atoms with Crippen LogP contribution in [-0.4, -0.2) is 71.6 Å². The van der Waals surface area contributed by atoms with Gasteiger partial charge in [-0.2, -0.15) is 0 Å². The number of amides is 1. The lowest BCUT2D eigenvalue weighted by molar-refractivity contribution is -0.148. The van der Waals surface area contributed by atoms with Crippen molar-refractivity contribution in [2.45, 2.75) is 70.2 Å². The van der Waals surface area contributed by atoms with Gasteiger partial charge in [0.05, 0.1) is 12.6 Å². The second-order valence-corrected chi connectivity index (χ2v) is 11.6. The summed E-state index contributed by atoms with van der Waals surface area (Å²) in [5, 5.41) is 11.2. The van der Waals surface area contributed by atoms with Crippen LogP contribution in [0.1, 0.15) is 68.6 Å². The first-order valence-electron chi connectivity index (χ1n) is 13.3. The van der Waals surface area contributed by atoms with Crippen LogP contribution in [0.2, 0.25) is 0 Å². The summed E-state index contributed by atoms with van der Waals surface area (Å²) in [6.45, 7) is 4.92. The molecule has 38 heavy (non-hydrogen) atoms. The predicted molar refractivity (Wildman–Crippen MR) is 146 cm³/mol. The number of ether oxygens (including phenoxy) is 1. The molecule has 1 aliphatic carbocycles. The number of aromatic nitrogens is 2. The van der Waals surface area contributed by atoms with Gasteiger partial charge in [0.2, 0.25) is 11.7 Å². The highest BCUT2D eigenvalue weighted by atomic mass is 32.2. The lowest BCUT2D eigenvalue weighted by atomic mass is 9.70. The molecule has 0 radical (unpaired) electrons. The van der Waals surface area contributed by atoms with E-state index in [9.17, 15) is 14.4 Å². The number of nitrogens with one attached hydrogen (secondary N) is 1. The fourth-order valence-electron chi connectivity index (χ4n) is 4.59. The van der Waals surface area contributed by atoms with Gasteiger partial charge in [0.25, 0.3) is 11.1 Å². The Hall–Kier alpha value is -2.56. The molecule has 1 amide bonds. The first-order valence-corrected chi connectivity index (χ1v) is 14.3. The van der Waals surface area contributed by atoms with Crippen LogP contribution in [0.15, 0.2) is 40.0 Å². The largest absolute Gasteiger partial charge is 0.408 e. The fraction of sp³-hybridized carbons (Fsp3) is 0.607. The molecule has 0 bridgehead atoms. The van der Waals surface area contributed by atoms with Gasteiger partial charge in [0.1, 0.15) is 12.0 Å². The molecule has 3 rings (SSSR count). The second-order valence-electron chi connectivity index (χ2n) is 10.6. The molecule has 1 saturated carbocycles. The van der Waals surface area contributed by atoms with Gasteiger partial charge in [-0.05, 0) is 44.8 Å². The SMILES string of the molecule is CC(C)CC(NC(=O)C1(C(=O)COCc2ccccc2)CCCCC1)C(=O)c1nnc(SCCN(C)C)o1. The van der Waals surface area contributed by atoms with Gasteiger partial charge in [-0.15, -0.1) is 10.2 Å². The minimum absolute atomic E-state index is 0.119. The molecule has 0 saturated heterocycles. The van der Waals surface area contributed by atoms with Crippen LogP contribution in [0.3, 0.4) is 0 Å². The summed E-state index contributed by atoms with van der Waals surface area (Å²) in [5.41, 5.74) is -0.240. The standard InChI is InChI=1S/C28H40N4O5S/c1-20(2)17-22(24(34)25-30-31-27(37-25)38-16-15-32(3)4)29-26(35)28(13-9-6-10-14-28)23(33)19-36-18-21-11-7-5-8-12-21/h5,7-8,11-12,20,22H,6,9-10,13-19H2,1-4H3,(H,29,35). The number of ketones is 2. The van der Waals surface area contributed by atoms with Crippen LogP contribution < -0.4 is 5.32 Å². The van der Waals surface area contributed by atoms with Crippen molar-refractivity contribution in [2.24, 2.45) is 11.3 Å². The maximum Gasteiger partial charge on any atom is 0.286 e. The monoisotopic (exact) mass is 544 g/mol. The highest BCUT2D eigenvalue weighted by Gasteiger charge is 2.47. The van der Waals surface area contributed by atoms with Gasteiger partial charge in [-0.25, -0.2) is 0 Å². The van der Waals surface area contributed by atoms with E-state index in [0.29, 0.717) is 31.1 Å². The summed E-state index contributed by atoms with van der Waals surface area (Å²) in [7, 11) is 3.95. The first kappa shape index (κ1) is 30.0. The number of Topliss-reactive ketones (excluding diaryl/α,β-unsaturated/α-hetero) is 2. The Morgan fingerprint density at radius 2 is 1.82 bits per heavy atom. The highest BCUT2D eigenvalue weighted by molar-refractivity contribution is 7.99. The van der Waals surface area contributed by atoms with E-state index < -0.39 is 23.1 Å². The minimum atomic E-state index is -1.20. The molecule has 1 unspecified atom stereocenters. The maximum absolute atomic E-state index is 13.7. The number of rotatable bonds is 15. The zero-order chi connectivity index (χ0) is 27.5. The number of hydrogen-bond acceptors (Lipinski definition) is 9. The van der Waals surface area contributed by atoms with Gasteiger partial charge in [0.15, 0.2) is 5.78 Å². The zero-order valence-corrected chi connectivity index (χ0v) is 23.7. The number of hydrogen-bond donors (Lipinski definition) is 1. The van der Waals surface area contributed by atoms with Crippen LogP contribution in [0.4, 0.5) is 0 Å². The average Bonchev–Trinajstić information content (AvgIpc) is 3.37. The Morgan fingerprint density at radius 1 is 1.11 bits per heavy atom. The molecule has 1 aliphatic rings. The summed E-state index contributed by atoms with van der Waals surface area (Å²) in [6.07, 6.45) is 3.81. The third-order valence-corrected chi connectivity index (χ3v) is 7.53. The Kier molecular flexibility index (Phi) is 11.5. The second kappa shape index (κ2) is 14.6. The third kappa shape index (κ3) is 8.47. The normalized spacial score (nSPS) is 15.9. The molecule has 2 aromatic rings. The van der Waals surface area contributed by atoms with Gasteiger partial charge in [-0.1, -0.05) is 75.2 Å². The van der Waals surface area contributed by atoms with E-state index in [0.717, 1.165) is 37.1 Å². The first-order chi connectivity index (χ1) is 18.2. The molecule has 1 heterocycles. The maximum atomic E-state index is 13.7. The van der Waals surface area contributed by atoms with Crippen LogP contribution in [0.25, 0.3) is 0 Å². The van der Waals surface area contributed by atoms with Crippen molar-refractivity contribution in [1.29, 1.82) is 0 Å². The number of thioether (sulfide) groups is 1. The van der Waals surface area contributed by atoms with E-state index in [2.05, 4.69) is 15.5 Å². The van der Waals surface area contributed by atoms with E-state index >= 15 is 0 Å². The van der Waals surface area contributed by atoms with Gasteiger partial charge >= 0.3 is 0 Å². The summed E-state index contributed by atoms with van der Waals surface area (Å²) in [4.78, 5) is 42.5. The summed E-state index contributed by atoms with van der Waals surface area (Å²) in [5.74, 6) is -0.348. The average molecular weight is 545 g/mol. The Bertz CT molecular complexity index is 1050. The summed E-state index contributed by atoms with van der Waals surface area (Å²) >= 11 is 1.38. The van der Waals surface area contributed by atoms with Crippen molar-refractivity contribution < 1.29 is 23.5 Å². The van der Waals surface area contributed by atoms with Gasteiger partial charge in [-0.3, -0.25) is 14.4 Å². The van der Waals surface area contributed by atoms with Crippen molar-refractivity contribution in [1.82, 2.24) is 20.4 Å². The van der Waals surface area contributed by atoms with Crippen molar-refractivity contribution in [3.05, 3.63) is 41.8 Å². The van der Waals surface area contributed by atoms with E-state index in [-0.39, 0.29) is 24.2 Å². The third-order valence-electron chi connectivity index (χ3n) is 6.73. The molecule has 1 aromatic carbocycles. The molecule has 208 valence electrons. The van der Waals surface area contributed by atoms with Crippen molar-refractivity contribution in [3.63, 3.8) is 0 Å². The van der Waals surface area contributed by atoms with Crippen molar-refractivity contribution >= 4 is 29.2 Å². The van der Waals surface area contributed by atoms with E-state index in [1.807, 2.05) is 63.2 Å². The van der Waals surface area contributed by atoms with E-state index in [1.165, 1.54) is 11.8 Å². The molecule has 1 aromatic heterocycles. The zero-order valence-electron chi connectivity index (χ0n) is 22.9. The quantitative estimate of drug-likeness (QED) is 0.200. The molecular formula is C28H40N4O5S. The van der Waals surface area contributed by atoms with E-state index in [4.69, 9.17) is 9.15 Å². The van der Waals surface area contributed by atoms with E-state index in [1.54, 1.807) is 0 Å². The molecule has 1 fully saturated rings. The summed E-state index contributed by atoms with van der Waals surface area (Å²) in [6, 6.07) is 8.75. The smallest absolute Gasteiger partial charge is 0.286 e. The van der Waals surface area contributed by atoms with Crippen LogP contribution in [-0.2, 0) is 20.9 Å². The van der Waals surface area contributed by atoms with Crippen LogP contribution in [0, 0.1) is 11.3 Å². The number of carbonyl (C=O) groups is 3. The lowest BCUT2D eigenvalue weighted by Gasteiger charge is -2.35. The Labute approximate surface area is 229 Å². The molecular weight excluding hydrogens is 504 g/mol. The Balaban J connectivity index is 1.69. The Morgan fingerprint density at radius 3 is 2.47 bits per heavy atom. The minimum Gasteiger partial charge on any atom is -0.408 e. The van der Waals surface area contributed by atoms with Crippen LogP contribution in [0.5, 0.6) is 0 Å². The van der Waals surface area contributed by atoms with Gasteiger partial charge in [0, 0.05) is 12.3 Å². The molecule has 10 heteroatoms. The summed E-state index contributed by atoms with van der Waals surface area (Å²) < 4.78 is 11.3. The molecule has 0 aliphatic heterocycles. The number of benzene rings is 1. The lowest BCUT2D eigenvalue weighted by Crippen LogP contribution is -2.53. The fourth-order valence-corrected chi connectivity index (χ4v) is 5.46. The number of carbonyl (C=O) groups excluding carboxylic acids is 3.